The molecular formula is C42H47ClN10O5. The van der Waals surface area contributed by atoms with E-state index in [1.165, 1.54) is 4.68 Å². The molecule has 2 aromatic carbocycles. The maximum atomic E-state index is 13.4. The number of halogens is 1. The van der Waals surface area contributed by atoms with Crippen LogP contribution in [0.25, 0.3) is 10.8 Å². The molecule has 5 heterocycles. The highest BCUT2D eigenvalue weighted by molar-refractivity contribution is 6.31. The van der Waals surface area contributed by atoms with Gasteiger partial charge < -0.3 is 19.9 Å². The smallest absolute Gasteiger partial charge is 0.275 e. The van der Waals surface area contributed by atoms with Crippen LogP contribution < -0.4 is 30.7 Å². The summed E-state index contributed by atoms with van der Waals surface area (Å²) in [5.74, 6) is 0.610. The van der Waals surface area contributed by atoms with Gasteiger partial charge in [0.1, 0.15) is 24.0 Å². The normalized spacial score (nSPS) is 24.2. The van der Waals surface area contributed by atoms with Gasteiger partial charge >= 0.3 is 0 Å². The molecule has 2 aromatic heterocycles. The van der Waals surface area contributed by atoms with Gasteiger partial charge in [-0.25, -0.2) is 14.6 Å². The standard InChI is InChI=1S/C42H47ClN10O5/c1-41(2)38(42(3,4)39(41)58-30-7-5-26(19-44)32(43)18-30)49-35(55)28-20-45-40(46-21-28)52-12-11-25(24-52)23-50-13-15-51(16-14-50)29-6-8-31-27(17-29)22-47-53(37(31)57)33-9-10-34(54)48-36(33)56/h5-8,17-18,20-22,25,33,38-39H,9-16,23-24H2,1-4H3,(H,49,55)(H,48,54,56)/t25?,33-,38?,39?/m1/s1. The molecular weight excluding hydrogens is 760 g/mol. The average Bonchev–Trinajstić information content (AvgIpc) is 3.68. The molecule has 58 heavy (non-hydrogen) atoms. The summed E-state index contributed by atoms with van der Waals surface area (Å²) in [4.78, 5) is 66.8. The van der Waals surface area contributed by atoms with E-state index in [9.17, 15) is 24.4 Å². The summed E-state index contributed by atoms with van der Waals surface area (Å²) in [6.45, 7) is 14.5. The first-order valence-corrected chi connectivity index (χ1v) is 20.2. The number of nitrogens with zero attached hydrogens (tertiary/aromatic N) is 8. The van der Waals surface area contributed by atoms with Crippen molar-refractivity contribution in [3.63, 3.8) is 0 Å². The van der Waals surface area contributed by atoms with E-state index in [1.807, 2.05) is 12.1 Å². The number of nitriles is 1. The van der Waals surface area contributed by atoms with E-state index < -0.39 is 11.9 Å². The Morgan fingerprint density at radius 1 is 0.966 bits per heavy atom. The van der Waals surface area contributed by atoms with Gasteiger partial charge in [0.15, 0.2) is 0 Å². The minimum atomic E-state index is -0.792. The maximum absolute atomic E-state index is 13.4. The predicted octanol–water partition coefficient (Wildman–Crippen LogP) is 3.95. The summed E-state index contributed by atoms with van der Waals surface area (Å²) >= 11 is 6.24. The van der Waals surface area contributed by atoms with Crippen molar-refractivity contribution in [2.24, 2.45) is 16.7 Å². The van der Waals surface area contributed by atoms with Crippen LogP contribution in [-0.2, 0) is 9.59 Å². The number of piperazine rings is 1. The molecule has 4 aromatic rings. The molecule has 3 aliphatic heterocycles. The Morgan fingerprint density at radius 3 is 2.40 bits per heavy atom. The molecule has 302 valence electrons. The highest BCUT2D eigenvalue weighted by atomic mass is 35.5. The number of amides is 3. The summed E-state index contributed by atoms with van der Waals surface area (Å²) in [7, 11) is 0. The number of aromatic nitrogens is 4. The second-order valence-electron chi connectivity index (χ2n) is 17.1. The van der Waals surface area contributed by atoms with Crippen molar-refractivity contribution >= 4 is 51.7 Å². The number of anilines is 2. The highest BCUT2D eigenvalue weighted by Crippen LogP contribution is 2.55. The van der Waals surface area contributed by atoms with Gasteiger partial charge in [-0.05, 0) is 49.1 Å². The number of carbonyl (C=O) groups excluding carboxylic acids is 3. The number of piperidine rings is 1. The monoisotopic (exact) mass is 806 g/mol. The quantitative estimate of drug-likeness (QED) is 0.233. The van der Waals surface area contributed by atoms with Crippen molar-refractivity contribution in [3.05, 3.63) is 81.5 Å². The summed E-state index contributed by atoms with van der Waals surface area (Å²) < 4.78 is 7.55. The summed E-state index contributed by atoms with van der Waals surface area (Å²) in [6, 6.07) is 11.9. The molecule has 1 aliphatic carbocycles. The first-order chi connectivity index (χ1) is 27.7. The summed E-state index contributed by atoms with van der Waals surface area (Å²) in [5, 5.41) is 20.6. The third-order valence-corrected chi connectivity index (χ3v) is 12.8. The average molecular weight is 807 g/mol. The Hall–Kier alpha value is -5.59. The van der Waals surface area contributed by atoms with Gasteiger partial charge in [0, 0.05) is 98.6 Å². The second kappa shape index (κ2) is 15.3. The van der Waals surface area contributed by atoms with Crippen LogP contribution in [0.5, 0.6) is 5.75 Å². The predicted molar refractivity (Wildman–Crippen MR) is 218 cm³/mol. The van der Waals surface area contributed by atoms with Crippen molar-refractivity contribution in [1.82, 2.24) is 35.3 Å². The van der Waals surface area contributed by atoms with Crippen LogP contribution in [0, 0.1) is 28.1 Å². The minimum absolute atomic E-state index is 0.176. The summed E-state index contributed by atoms with van der Waals surface area (Å²) in [6.07, 6.45) is 6.08. The fraction of sp³-hybridized carbons (Fsp3) is 0.476. The third-order valence-electron chi connectivity index (χ3n) is 12.5. The molecule has 1 saturated carbocycles. The number of carbonyl (C=O) groups is 3. The van der Waals surface area contributed by atoms with Crippen LogP contribution in [0.4, 0.5) is 11.6 Å². The lowest BCUT2D eigenvalue weighted by Gasteiger charge is -2.63. The van der Waals surface area contributed by atoms with Gasteiger partial charge in [-0.3, -0.25) is 29.4 Å². The van der Waals surface area contributed by atoms with E-state index in [4.69, 9.17) is 16.3 Å². The van der Waals surface area contributed by atoms with E-state index in [1.54, 1.807) is 42.9 Å². The van der Waals surface area contributed by atoms with Crippen LogP contribution in [0.15, 0.2) is 59.8 Å². The second-order valence-corrected chi connectivity index (χ2v) is 17.5. The Morgan fingerprint density at radius 2 is 1.71 bits per heavy atom. The zero-order chi connectivity index (χ0) is 40.9. The number of hydrogen-bond donors (Lipinski definition) is 2. The van der Waals surface area contributed by atoms with Gasteiger partial charge in [-0.2, -0.15) is 10.4 Å². The van der Waals surface area contributed by atoms with Crippen molar-refractivity contribution in [2.75, 3.05) is 55.6 Å². The molecule has 3 amide bonds. The Balaban J connectivity index is 0.812. The number of rotatable bonds is 9. The maximum Gasteiger partial charge on any atom is 0.275 e. The van der Waals surface area contributed by atoms with Crippen LogP contribution in [-0.4, -0.2) is 100 Å². The number of imide groups is 1. The molecule has 3 saturated heterocycles. The van der Waals surface area contributed by atoms with Gasteiger partial charge in [0.05, 0.1) is 27.7 Å². The number of benzene rings is 2. The Bertz CT molecular complexity index is 2350. The van der Waals surface area contributed by atoms with E-state index in [0.29, 0.717) is 44.5 Å². The van der Waals surface area contributed by atoms with Crippen molar-refractivity contribution in [1.29, 1.82) is 5.26 Å². The molecule has 1 unspecified atom stereocenters. The fourth-order valence-electron chi connectivity index (χ4n) is 9.62. The Kier molecular flexibility index (Phi) is 10.4. The zero-order valence-corrected chi connectivity index (χ0v) is 33.8. The molecule has 15 nitrogen and oxygen atoms in total. The fourth-order valence-corrected chi connectivity index (χ4v) is 9.83. The number of hydrogen-bond acceptors (Lipinski definition) is 12. The summed E-state index contributed by atoms with van der Waals surface area (Å²) in [5.41, 5.74) is 0.702. The molecule has 16 heteroatoms. The van der Waals surface area contributed by atoms with Gasteiger partial charge in [0.25, 0.3) is 17.4 Å². The van der Waals surface area contributed by atoms with Crippen LogP contribution in [0.2, 0.25) is 5.02 Å². The van der Waals surface area contributed by atoms with Crippen LogP contribution in [0.1, 0.15) is 68.9 Å². The van der Waals surface area contributed by atoms with E-state index in [-0.39, 0.29) is 53.2 Å². The van der Waals surface area contributed by atoms with E-state index >= 15 is 0 Å². The van der Waals surface area contributed by atoms with Crippen molar-refractivity contribution in [3.8, 4) is 11.8 Å². The first-order valence-electron chi connectivity index (χ1n) is 19.8. The molecule has 0 bridgehead atoms. The molecule has 0 radical (unpaired) electrons. The van der Waals surface area contributed by atoms with Crippen LogP contribution in [0.3, 0.4) is 0 Å². The first kappa shape index (κ1) is 39.2. The van der Waals surface area contributed by atoms with Gasteiger partial charge in [-0.15, -0.1) is 0 Å². The number of fused-ring (bicyclic) bond motifs is 1. The topological polar surface area (TPSA) is 179 Å². The van der Waals surface area contributed by atoms with E-state index in [0.717, 1.165) is 57.9 Å². The molecule has 2 atom stereocenters. The van der Waals surface area contributed by atoms with Crippen molar-refractivity contribution < 1.29 is 19.1 Å². The molecule has 4 aliphatic rings. The lowest BCUT2D eigenvalue weighted by Crippen LogP contribution is -2.74. The zero-order valence-electron chi connectivity index (χ0n) is 33.1. The SMILES string of the molecule is CC1(C)C(NC(=O)c2cnc(N3CCC(CN4CCN(c5ccc6c(=O)n([C@@H]7CCC(=O)NC7=O)ncc6c5)CC4)C3)nc2)C(C)(C)C1Oc1ccc(C#N)c(Cl)c1. The Labute approximate surface area is 341 Å². The minimum Gasteiger partial charge on any atom is -0.489 e. The van der Waals surface area contributed by atoms with Crippen LogP contribution >= 0.6 is 11.6 Å². The molecule has 0 spiro atoms. The number of ether oxygens (including phenoxy) is 1. The molecule has 8 rings (SSSR count). The third kappa shape index (κ3) is 7.35. The lowest BCUT2D eigenvalue weighted by atomic mass is 9.49. The number of nitrogens with one attached hydrogen (secondary N) is 2. The largest absolute Gasteiger partial charge is 0.489 e. The molecule has 2 N–H and O–H groups in total. The van der Waals surface area contributed by atoms with Gasteiger partial charge in [-0.1, -0.05) is 39.3 Å². The van der Waals surface area contributed by atoms with E-state index in [2.05, 4.69) is 74.2 Å². The lowest BCUT2D eigenvalue weighted by molar-refractivity contribution is -0.164. The molecule has 4 fully saturated rings. The van der Waals surface area contributed by atoms with Crippen molar-refractivity contribution in [2.45, 2.75) is 65.1 Å². The highest BCUT2D eigenvalue weighted by Gasteiger charge is 2.64. The van der Waals surface area contributed by atoms with Gasteiger partial charge in [0.2, 0.25) is 11.9 Å².